The van der Waals surface area contributed by atoms with E-state index >= 15 is 0 Å². The maximum Gasteiger partial charge on any atom is 0.256 e. The van der Waals surface area contributed by atoms with Crippen LogP contribution in [0.15, 0.2) is 24.5 Å². The van der Waals surface area contributed by atoms with Crippen molar-refractivity contribution in [3.63, 3.8) is 0 Å². The second-order valence-electron chi connectivity index (χ2n) is 4.38. The minimum absolute atomic E-state index is 0.147. The summed E-state index contributed by atoms with van der Waals surface area (Å²) >= 11 is 0. The van der Waals surface area contributed by atoms with Crippen LogP contribution in [0.4, 0.5) is 5.69 Å². The molecule has 5 nitrogen and oxygen atoms in total. The topological polar surface area (TPSA) is 67.0 Å². The van der Waals surface area contributed by atoms with Gasteiger partial charge in [0.2, 0.25) is 0 Å². The molecule has 1 aromatic heterocycles. The number of benzene rings is 1. The minimum Gasteiger partial charge on any atom is -0.369 e. The molecule has 2 rings (SSSR count). The Morgan fingerprint density at radius 3 is 3.00 bits per heavy atom. The average Bonchev–Trinajstić information content (AvgIpc) is 2.85. The Labute approximate surface area is 106 Å². The summed E-state index contributed by atoms with van der Waals surface area (Å²) in [5, 5.41) is 2.85. The van der Waals surface area contributed by atoms with Crippen molar-refractivity contribution in [2.45, 2.75) is 25.9 Å². The van der Waals surface area contributed by atoms with Crippen LogP contribution in [-0.2, 0) is 9.53 Å². The monoisotopic (exact) mass is 247 g/mol. The van der Waals surface area contributed by atoms with E-state index in [0.717, 1.165) is 16.7 Å². The normalized spacial score (nSPS) is 14.4. The lowest BCUT2D eigenvalue weighted by Crippen LogP contribution is -2.41. The molecule has 0 bridgehead atoms. The highest BCUT2D eigenvalue weighted by molar-refractivity contribution is 5.98. The van der Waals surface area contributed by atoms with Gasteiger partial charge in [-0.25, -0.2) is 4.98 Å². The third-order valence-electron chi connectivity index (χ3n) is 3.28. The van der Waals surface area contributed by atoms with E-state index in [1.165, 1.54) is 0 Å². The lowest BCUT2D eigenvalue weighted by Gasteiger charge is -2.25. The van der Waals surface area contributed by atoms with Gasteiger partial charge in [0.25, 0.3) is 5.91 Å². The molecule has 0 aliphatic rings. The Morgan fingerprint density at radius 2 is 2.33 bits per heavy atom. The standard InChI is InChI=1S/C13H17N3O2/c1-4-13(2,18-3)12(17)16-9-5-6-10-11(7-9)15-8-14-10/h5-8H,4H2,1-3H3,(H,14,15)(H,16,17). The van der Waals surface area contributed by atoms with E-state index in [1.807, 2.05) is 25.1 Å². The molecule has 96 valence electrons. The van der Waals surface area contributed by atoms with Crippen molar-refractivity contribution in [1.29, 1.82) is 0 Å². The Balaban J connectivity index is 2.20. The molecule has 0 spiro atoms. The summed E-state index contributed by atoms with van der Waals surface area (Å²) in [6.45, 7) is 3.69. The number of H-pyrrole nitrogens is 1. The number of imidazole rings is 1. The Hall–Kier alpha value is -1.88. The van der Waals surface area contributed by atoms with Crippen LogP contribution in [0.1, 0.15) is 20.3 Å². The van der Waals surface area contributed by atoms with Gasteiger partial charge in [0.1, 0.15) is 5.60 Å². The molecule has 1 heterocycles. The van der Waals surface area contributed by atoms with Crippen LogP contribution in [0, 0.1) is 0 Å². The van der Waals surface area contributed by atoms with Crippen molar-refractivity contribution in [2.24, 2.45) is 0 Å². The number of hydrogen-bond acceptors (Lipinski definition) is 3. The number of hydrogen-bond donors (Lipinski definition) is 2. The van der Waals surface area contributed by atoms with Gasteiger partial charge in [0.05, 0.1) is 17.4 Å². The predicted octanol–water partition coefficient (Wildman–Crippen LogP) is 2.32. The van der Waals surface area contributed by atoms with Gasteiger partial charge >= 0.3 is 0 Å². The number of methoxy groups -OCH3 is 1. The Morgan fingerprint density at radius 1 is 1.56 bits per heavy atom. The molecule has 0 aliphatic carbocycles. The van der Waals surface area contributed by atoms with Crippen LogP contribution in [0.25, 0.3) is 11.0 Å². The molecule has 0 saturated heterocycles. The Kier molecular flexibility index (Phi) is 3.34. The van der Waals surface area contributed by atoms with Gasteiger partial charge in [-0.2, -0.15) is 0 Å². The largest absolute Gasteiger partial charge is 0.369 e. The molecule has 0 fully saturated rings. The number of carbonyl (C=O) groups excluding carboxylic acids is 1. The van der Waals surface area contributed by atoms with E-state index in [-0.39, 0.29) is 5.91 Å². The van der Waals surface area contributed by atoms with E-state index in [1.54, 1.807) is 20.4 Å². The zero-order chi connectivity index (χ0) is 13.2. The van der Waals surface area contributed by atoms with Gasteiger partial charge in [0.15, 0.2) is 0 Å². The second kappa shape index (κ2) is 4.78. The van der Waals surface area contributed by atoms with Crippen LogP contribution in [0.2, 0.25) is 0 Å². The highest BCUT2D eigenvalue weighted by Gasteiger charge is 2.30. The predicted molar refractivity (Wildman–Crippen MR) is 70.4 cm³/mol. The summed E-state index contributed by atoms with van der Waals surface area (Å²) in [5.41, 5.74) is 1.69. The number of ether oxygens (including phenoxy) is 1. The van der Waals surface area contributed by atoms with E-state index in [0.29, 0.717) is 6.42 Å². The number of carbonyl (C=O) groups is 1. The molecule has 1 aromatic carbocycles. The fraction of sp³-hybridized carbons (Fsp3) is 0.385. The SMILES string of the molecule is CCC(C)(OC)C(=O)Nc1ccc2nc[nH]c2c1. The van der Waals surface area contributed by atoms with Crippen molar-refractivity contribution in [3.05, 3.63) is 24.5 Å². The summed E-state index contributed by atoms with van der Waals surface area (Å²) in [4.78, 5) is 19.2. The fourth-order valence-electron chi connectivity index (χ4n) is 1.67. The number of aromatic amines is 1. The molecular weight excluding hydrogens is 230 g/mol. The van der Waals surface area contributed by atoms with Crippen LogP contribution in [0.3, 0.4) is 0 Å². The van der Waals surface area contributed by atoms with Crippen LogP contribution in [-0.4, -0.2) is 28.6 Å². The van der Waals surface area contributed by atoms with E-state index in [4.69, 9.17) is 4.74 Å². The number of fused-ring (bicyclic) bond motifs is 1. The first-order chi connectivity index (χ1) is 8.59. The van der Waals surface area contributed by atoms with Crippen LogP contribution < -0.4 is 5.32 Å². The van der Waals surface area contributed by atoms with Crippen molar-refractivity contribution < 1.29 is 9.53 Å². The van der Waals surface area contributed by atoms with Gasteiger partial charge in [-0.05, 0) is 31.5 Å². The molecule has 18 heavy (non-hydrogen) atoms. The molecule has 1 unspecified atom stereocenters. The lowest BCUT2D eigenvalue weighted by molar-refractivity contribution is -0.136. The van der Waals surface area contributed by atoms with Gasteiger partial charge in [-0.3, -0.25) is 4.79 Å². The minimum atomic E-state index is -0.803. The van der Waals surface area contributed by atoms with Gasteiger partial charge < -0.3 is 15.0 Å². The zero-order valence-corrected chi connectivity index (χ0v) is 10.8. The molecule has 1 atom stereocenters. The number of aromatic nitrogens is 2. The molecule has 1 amide bonds. The maximum absolute atomic E-state index is 12.1. The number of nitrogens with one attached hydrogen (secondary N) is 2. The van der Waals surface area contributed by atoms with E-state index in [2.05, 4.69) is 15.3 Å². The molecule has 0 radical (unpaired) electrons. The Bertz CT molecular complexity index is 558. The van der Waals surface area contributed by atoms with Crippen molar-refractivity contribution >= 4 is 22.6 Å². The molecule has 5 heteroatoms. The summed E-state index contributed by atoms with van der Waals surface area (Å²) in [6.07, 6.45) is 2.24. The zero-order valence-electron chi connectivity index (χ0n) is 10.8. The quantitative estimate of drug-likeness (QED) is 0.871. The second-order valence-corrected chi connectivity index (χ2v) is 4.38. The highest BCUT2D eigenvalue weighted by Crippen LogP contribution is 2.20. The van der Waals surface area contributed by atoms with E-state index in [9.17, 15) is 4.79 Å². The highest BCUT2D eigenvalue weighted by atomic mass is 16.5. The molecule has 2 aromatic rings. The smallest absolute Gasteiger partial charge is 0.256 e. The number of nitrogens with zero attached hydrogens (tertiary/aromatic N) is 1. The summed E-state index contributed by atoms with van der Waals surface area (Å²) in [5.74, 6) is -0.147. The lowest BCUT2D eigenvalue weighted by atomic mass is 10.0. The first-order valence-electron chi connectivity index (χ1n) is 5.89. The molecule has 0 aliphatic heterocycles. The van der Waals surface area contributed by atoms with E-state index < -0.39 is 5.60 Å². The first kappa shape index (κ1) is 12.6. The maximum atomic E-state index is 12.1. The van der Waals surface area contributed by atoms with Crippen LogP contribution >= 0.6 is 0 Å². The third-order valence-corrected chi connectivity index (χ3v) is 3.28. The summed E-state index contributed by atoms with van der Waals surface area (Å²) in [7, 11) is 1.54. The number of anilines is 1. The molecular formula is C13H17N3O2. The van der Waals surface area contributed by atoms with Crippen molar-refractivity contribution in [2.75, 3.05) is 12.4 Å². The number of rotatable bonds is 4. The van der Waals surface area contributed by atoms with Gasteiger partial charge in [-0.1, -0.05) is 6.92 Å². The van der Waals surface area contributed by atoms with Gasteiger partial charge in [-0.15, -0.1) is 0 Å². The average molecular weight is 247 g/mol. The number of amides is 1. The fourth-order valence-corrected chi connectivity index (χ4v) is 1.67. The first-order valence-corrected chi connectivity index (χ1v) is 5.89. The third kappa shape index (κ3) is 2.22. The van der Waals surface area contributed by atoms with Crippen molar-refractivity contribution in [1.82, 2.24) is 9.97 Å². The summed E-state index contributed by atoms with van der Waals surface area (Å²) < 4.78 is 5.26. The van der Waals surface area contributed by atoms with Crippen LogP contribution in [0.5, 0.6) is 0 Å². The summed E-state index contributed by atoms with van der Waals surface area (Å²) in [6, 6.07) is 5.54. The van der Waals surface area contributed by atoms with Gasteiger partial charge in [0, 0.05) is 12.8 Å². The molecule has 0 saturated carbocycles. The van der Waals surface area contributed by atoms with Crippen molar-refractivity contribution in [3.8, 4) is 0 Å². The molecule has 2 N–H and O–H groups in total.